The summed E-state index contributed by atoms with van der Waals surface area (Å²) < 4.78 is 4.15. The van der Waals surface area contributed by atoms with Crippen molar-refractivity contribution in [3.63, 3.8) is 0 Å². The standard InChI is InChI=1S/C19H17N3O/c1-21-14-9-5-3-7-12(14)11-16(21)18-17(19(20)23)13-8-4-6-10-15(13)22(18)2/h3-11H,1-2H3,(H2,20,23). The van der Waals surface area contributed by atoms with E-state index >= 15 is 0 Å². The first-order valence-corrected chi connectivity index (χ1v) is 7.51. The topological polar surface area (TPSA) is 52.9 Å². The second-order valence-electron chi connectivity index (χ2n) is 5.81. The number of carbonyl (C=O) groups excluding carboxylic acids is 1. The monoisotopic (exact) mass is 303 g/mol. The lowest BCUT2D eigenvalue weighted by molar-refractivity contribution is 0.100. The molecule has 0 atom stereocenters. The van der Waals surface area contributed by atoms with Crippen molar-refractivity contribution in [2.75, 3.05) is 0 Å². The summed E-state index contributed by atoms with van der Waals surface area (Å²) in [7, 11) is 3.99. The van der Waals surface area contributed by atoms with E-state index in [9.17, 15) is 4.79 Å². The van der Waals surface area contributed by atoms with Crippen LogP contribution in [0.5, 0.6) is 0 Å². The number of rotatable bonds is 2. The van der Waals surface area contributed by atoms with Crippen LogP contribution in [0.2, 0.25) is 0 Å². The van der Waals surface area contributed by atoms with Crippen molar-refractivity contribution < 1.29 is 4.79 Å². The molecule has 23 heavy (non-hydrogen) atoms. The third-order valence-corrected chi connectivity index (χ3v) is 4.55. The quantitative estimate of drug-likeness (QED) is 0.606. The third-order valence-electron chi connectivity index (χ3n) is 4.55. The Kier molecular flexibility index (Phi) is 2.81. The maximum atomic E-state index is 12.1. The lowest BCUT2D eigenvalue weighted by atomic mass is 10.1. The zero-order valence-electron chi connectivity index (χ0n) is 13.1. The highest BCUT2D eigenvalue weighted by Crippen LogP contribution is 2.35. The number of nitrogens with zero attached hydrogens (tertiary/aromatic N) is 2. The van der Waals surface area contributed by atoms with E-state index in [1.165, 1.54) is 0 Å². The third kappa shape index (κ3) is 1.81. The Balaban J connectivity index is 2.16. The van der Waals surface area contributed by atoms with Gasteiger partial charge in [-0.1, -0.05) is 36.4 Å². The number of amides is 1. The van der Waals surface area contributed by atoms with Gasteiger partial charge in [0, 0.05) is 35.9 Å². The summed E-state index contributed by atoms with van der Waals surface area (Å²) in [5.74, 6) is -0.401. The van der Waals surface area contributed by atoms with Crippen LogP contribution >= 0.6 is 0 Å². The lowest BCUT2D eigenvalue weighted by Crippen LogP contribution is -2.13. The minimum Gasteiger partial charge on any atom is -0.366 e. The number of primary amides is 1. The number of nitrogens with two attached hydrogens (primary N) is 1. The molecule has 0 aliphatic heterocycles. The van der Waals surface area contributed by atoms with Crippen molar-refractivity contribution in [1.29, 1.82) is 0 Å². The first kappa shape index (κ1) is 13.6. The van der Waals surface area contributed by atoms with E-state index in [-0.39, 0.29) is 0 Å². The van der Waals surface area contributed by atoms with Gasteiger partial charge in [-0.05, 0) is 18.2 Å². The number of para-hydroxylation sites is 2. The van der Waals surface area contributed by atoms with Crippen LogP contribution in [0.3, 0.4) is 0 Å². The number of carbonyl (C=O) groups is 1. The van der Waals surface area contributed by atoms with Crippen LogP contribution in [0.25, 0.3) is 33.2 Å². The van der Waals surface area contributed by atoms with Crippen LogP contribution in [-0.4, -0.2) is 15.0 Å². The molecule has 2 aromatic heterocycles. The van der Waals surface area contributed by atoms with E-state index in [1.807, 2.05) is 55.1 Å². The molecule has 4 heteroatoms. The molecular formula is C19H17N3O. The molecule has 0 unspecified atom stereocenters. The number of hydrogen-bond donors (Lipinski definition) is 1. The van der Waals surface area contributed by atoms with E-state index in [0.29, 0.717) is 5.56 Å². The van der Waals surface area contributed by atoms with Gasteiger partial charge in [-0.15, -0.1) is 0 Å². The average Bonchev–Trinajstić information content (AvgIpc) is 3.03. The Bertz CT molecular complexity index is 1070. The van der Waals surface area contributed by atoms with Crippen molar-refractivity contribution in [3.05, 3.63) is 60.2 Å². The molecule has 0 fully saturated rings. The van der Waals surface area contributed by atoms with E-state index in [0.717, 1.165) is 33.2 Å². The number of benzene rings is 2. The van der Waals surface area contributed by atoms with Crippen LogP contribution in [-0.2, 0) is 14.1 Å². The van der Waals surface area contributed by atoms with Gasteiger partial charge in [-0.3, -0.25) is 4.79 Å². The molecule has 2 heterocycles. The fourth-order valence-corrected chi connectivity index (χ4v) is 3.46. The van der Waals surface area contributed by atoms with Crippen molar-refractivity contribution in [2.45, 2.75) is 0 Å². The second-order valence-corrected chi connectivity index (χ2v) is 5.81. The van der Waals surface area contributed by atoms with Crippen molar-refractivity contribution >= 4 is 27.7 Å². The van der Waals surface area contributed by atoms with E-state index in [2.05, 4.69) is 22.8 Å². The van der Waals surface area contributed by atoms with Gasteiger partial charge in [-0.25, -0.2) is 0 Å². The predicted molar refractivity (Wildman–Crippen MR) is 93.3 cm³/mol. The summed E-state index contributed by atoms with van der Waals surface area (Å²) in [6.07, 6.45) is 0. The van der Waals surface area contributed by atoms with E-state index < -0.39 is 5.91 Å². The number of fused-ring (bicyclic) bond motifs is 2. The van der Waals surface area contributed by atoms with Gasteiger partial charge in [-0.2, -0.15) is 0 Å². The van der Waals surface area contributed by atoms with Gasteiger partial charge in [0.25, 0.3) is 5.91 Å². The Labute approximate surface area is 133 Å². The predicted octanol–water partition coefficient (Wildman–Crippen LogP) is 3.44. The van der Waals surface area contributed by atoms with Gasteiger partial charge in [0.2, 0.25) is 0 Å². The molecule has 0 saturated carbocycles. The Morgan fingerprint density at radius 3 is 2.26 bits per heavy atom. The molecule has 0 radical (unpaired) electrons. The molecule has 2 aromatic carbocycles. The highest BCUT2D eigenvalue weighted by atomic mass is 16.1. The zero-order valence-corrected chi connectivity index (χ0v) is 13.1. The van der Waals surface area contributed by atoms with E-state index in [4.69, 9.17) is 5.73 Å². The molecule has 4 aromatic rings. The average molecular weight is 303 g/mol. The molecule has 4 rings (SSSR count). The van der Waals surface area contributed by atoms with Crippen LogP contribution in [0.15, 0.2) is 54.6 Å². The first-order valence-electron chi connectivity index (χ1n) is 7.51. The van der Waals surface area contributed by atoms with Crippen molar-refractivity contribution in [1.82, 2.24) is 9.13 Å². The first-order chi connectivity index (χ1) is 11.1. The normalized spacial score (nSPS) is 11.4. The van der Waals surface area contributed by atoms with Gasteiger partial charge in [0.05, 0.1) is 17.0 Å². The number of hydrogen-bond acceptors (Lipinski definition) is 1. The molecule has 0 aliphatic rings. The number of aromatic nitrogens is 2. The van der Waals surface area contributed by atoms with Crippen LogP contribution in [0.4, 0.5) is 0 Å². The maximum absolute atomic E-state index is 12.1. The molecule has 4 nitrogen and oxygen atoms in total. The molecule has 0 bridgehead atoms. The molecular weight excluding hydrogens is 286 g/mol. The molecule has 2 N–H and O–H groups in total. The molecule has 0 saturated heterocycles. The largest absolute Gasteiger partial charge is 0.366 e. The molecule has 0 spiro atoms. The van der Waals surface area contributed by atoms with Gasteiger partial charge < -0.3 is 14.9 Å². The van der Waals surface area contributed by atoms with Crippen LogP contribution in [0.1, 0.15) is 10.4 Å². The SMILES string of the molecule is Cn1c(-c2c(C(N)=O)c3ccccc3n2C)cc2ccccc21. The van der Waals surface area contributed by atoms with Gasteiger partial charge in [0.1, 0.15) is 0 Å². The lowest BCUT2D eigenvalue weighted by Gasteiger charge is -2.08. The minimum absolute atomic E-state index is 0.401. The van der Waals surface area contributed by atoms with Gasteiger partial charge >= 0.3 is 0 Å². The van der Waals surface area contributed by atoms with Crippen LogP contribution < -0.4 is 5.73 Å². The number of aryl methyl sites for hydroxylation is 2. The Hall–Kier alpha value is -3.01. The van der Waals surface area contributed by atoms with Crippen molar-refractivity contribution in [3.8, 4) is 11.4 Å². The molecule has 0 aliphatic carbocycles. The second kappa shape index (κ2) is 4.74. The van der Waals surface area contributed by atoms with E-state index in [1.54, 1.807) is 0 Å². The zero-order chi connectivity index (χ0) is 16.1. The fraction of sp³-hybridized carbons (Fsp3) is 0.105. The fourth-order valence-electron chi connectivity index (χ4n) is 3.46. The Morgan fingerprint density at radius 2 is 1.57 bits per heavy atom. The Morgan fingerprint density at radius 1 is 0.913 bits per heavy atom. The molecule has 114 valence electrons. The molecule has 1 amide bonds. The van der Waals surface area contributed by atoms with Crippen molar-refractivity contribution in [2.24, 2.45) is 19.8 Å². The van der Waals surface area contributed by atoms with Gasteiger partial charge in [0.15, 0.2) is 0 Å². The summed E-state index contributed by atoms with van der Waals surface area (Å²) in [6.45, 7) is 0. The summed E-state index contributed by atoms with van der Waals surface area (Å²) in [6, 6.07) is 18.1. The maximum Gasteiger partial charge on any atom is 0.251 e. The highest BCUT2D eigenvalue weighted by Gasteiger charge is 2.22. The van der Waals surface area contributed by atoms with Crippen LogP contribution in [0, 0.1) is 0 Å². The summed E-state index contributed by atoms with van der Waals surface area (Å²) >= 11 is 0. The summed E-state index contributed by atoms with van der Waals surface area (Å²) in [5, 5.41) is 2.04. The smallest absolute Gasteiger partial charge is 0.251 e. The minimum atomic E-state index is -0.401. The highest BCUT2D eigenvalue weighted by molar-refractivity contribution is 6.12. The summed E-state index contributed by atoms with van der Waals surface area (Å²) in [4.78, 5) is 12.1. The summed E-state index contributed by atoms with van der Waals surface area (Å²) in [5.41, 5.74) is 10.3.